The molecule has 5 nitrogen and oxygen atoms in total. The number of aromatic nitrogens is 3. The van der Waals surface area contributed by atoms with E-state index in [1.165, 1.54) is 23.1 Å². The number of piperazine rings is 1. The third-order valence-corrected chi connectivity index (χ3v) is 6.39. The van der Waals surface area contributed by atoms with Gasteiger partial charge in [-0.1, -0.05) is 30.3 Å². The van der Waals surface area contributed by atoms with Crippen LogP contribution in [0.3, 0.4) is 0 Å². The Bertz CT molecular complexity index is 1290. The summed E-state index contributed by atoms with van der Waals surface area (Å²) in [7, 11) is 0. The lowest BCUT2D eigenvalue weighted by atomic mass is 10.2. The molecule has 4 aromatic rings. The van der Waals surface area contributed by atoms with E-state index in [4.69, 9.17) is 17.3 Å². The van der Waals surface area contributed by atoms with E-state index in [-0.39, 0.29) is 11.6 Å². The zero-order valence-corrected chi connectivity index (χ0v) is 18.8. The second kappa shape index (κ2) is 9.25. The predicted octanol–water partition coefficient (Wildman–Crippen LogP) is 3.71. The topological polar surface area (TPSA) is 30.4 Å². The van der Waals surface area contributed by atoms with Crippen LogP contribution in [0.1, 0.15) is 0 Å². The Balaban J connectivity index is 1.41. The molecular weight excluding hydrogens is 440 g/mol. The zero-order chi connectivity index (χ0) is 22.8. The minimum Gasteiger partial charge on any atom is -0.358 e. The van der Waals surface area contributed by atoms with Crippen molar-refractivity contribution in [1.82, 2.24) is 14.3 Å². The van der Waals surface area contributed by atoms with Gasteiger partial charge in [0.25, 0.3) is 0 Å². The van der Waals surface area contributed by atoms with Crippen LogP contribution < -0.4 is 9.80 Å². The average molecular weight is 465 g/mol. The highest BCUT2D eigenvalue weighted by Crippen LogP contribution is 2.23. The molecule has 0 saturated carbocycles. The van der Waals surface area contributed by atoms with Gasteiger partial charge in [0.1, 0.15) is 11.6 Å². The maximum Gasteiger partial charge on any atom is 0.207 e. The number of hydrogen-bond donors (Lipinski definition) is 1. The summed E-state index contributed by atoms with van der Waals surface area (Å²) in [5.74, 6) is 0.199. The van der Waals surface area contributed by atoms with Gasteiger partial charge in [0, 0.05) is 11.3 Å². The van der Waals surface area contributed by atoms with Crippen LogP contribution in [0.5, 0.6) is 0 Å². The van der Waals surface area contributed by atoms with Crippen LogP contribution >= 0.6 is 12.2 Å². The molecular formula is C25H24F2N5S+. The maximum absolute atomic E-state index is 14.2. The van der Waals surface area contributed by atoms with Crippen molar-refractivity contribution < 1.29 is 13.7 Å². The highest BCUT2D eigenvalue weighted by Gasteiger charge is 2.24. The van der Waals surface area contributed by atoms with Gasteiger partial charge in [-0.15, -0.1) is 5.10 Å². The second-order valence-corrected chi connectivity index (χ2v) is 8.50. The van der Waals surface area contributed by atoms with Crippen molar-refractivity contribution in [3.8, 4) is 17.1 Å². The lowest BCUT2D eigenvalue weighted by molar-refractivity contribution is -0.924. The number of halogens is 2. The van der Waals surface area contributed by atoms with Gasteiger partial charge in [-0.3, -0.25) is 4.57 Å². The first-order valence-corrected chi connectivity index (χ1v) is 11.4. The maximum atomic E-state index is 14.2. The SMILES string of the molecule is Fc1ccc(-c2nn(C[NH+]3CCN(c4ccccc4F)CC3)c(=S)n2-c2ccccc2)cc1. The van der Waals surface area contributed by atoms with Crippen molar-refractivity contribution in [3.05, 3.63) is 95.3 Å². The van der Waals surface area contributed by atoms with Crippen molar-refractivity contribution >= 4 is 17.9 Å². The van der Waals surface area contributed by atoms with E-state index in [1.807, 2.05) is 51.7 Å². The molecule has 1 aliphatic heterocycles. The molecule has 5 rings (SSSR count). The molecule has 0 atom stereocenters. The Morgan fingerprint density at radius 1 is 0.848 bits per heavy atom. The molecule has 168 valence electrons. The first kappa shape index (κ1) is 21.5. The van der Waals surface area contributed by atoms with Gasteiger partial charge in [0.2, 0.25) is 4.77 Å². The highest BCUT2D eigenvalue weighted by atomic mass is 32.1. The molecule has 0 aliphatic carbocycles. The van der Waals surface area contributed by atoms with Crippen LogP contribution in [-0.2, 0) is 6.67 Å². The molecule has 3 aromatic carbocycles. The minimum absolute atomic E-state index is 0.186. The molecule has 0 unspecified atom stereocenters. The Labute approximate surface area is 196 Å². The minimum atomic E-state index is -0.291. The number of rotatable bonds is 5. The summed E-state index contributed by atoms with van der Waals surface area (Å²) in [5, 5.41) is 4.83. The van der Waals surface area contributed by atoms with Gasteiger partial charge < -0.3 is 9.80 Å². The van der Waals surface area contributed by atoms with Crippen molar-refractivity contribution in [2.75, 3.05) is 31.1 Å². The molecule has 1 aromatic heterocycles. The fourth-order valence-corrected chi connectivity index (χ4v) is 4.55. The number of benzene rings is 3. The first-order chi connectivity index (χ1) is 16.1. The van der Waals surface area contributed by atoms with E-state index in [2.05, 4.69) is 4.90 Å². The zero-order valence-electron chi connectivity index (χ0n) is 18.0. The standard InChI is InChI=1S/C25H23F2N5S/c26-20-12-10-19(11-13-20)24-28-31(25(33)32(24)21-6-2-1-3-7-21)18-29-14-16-30(17-15-29)23-9-5-4-8-22(23)27/h1-13H,14-18H2/p+1. The smallest absolute Gasteiger partial charge is 0.207 e. The van der Waals surface area contributed by atoms with Gasteiger partial charge in [-0.05, 0) is 60.7 Å². The lowest BCUT2D eigenvalue weighted by Gasteiger charge is -2.33. The number of nitrogens with one attached hydrogen (secondary N) is 1. The van der Waals surface area contributed by atoms with Gasteiger partial charge in [0.05, 0.1) is 31.9 Å². The Morgan fingerprint density at radius 2 is 1.52 bits per heavy atom. The monoisotopic (exact) mass is 464 g/mol. The van der Waals surface area contributed by atoms with Crippen LogP contribution in [-0.4, -0.2) is 40.5 Å². The lowest BCUT2D eigenvalue weighted by Crippen LogP contribution is -3.14. The van der Waals surface area contributed by atoms with Gasteiger partial charge in [0.15, 0.2) is 12.5 Å². The van der Waals surface area contributed by atoms with Crippen LogP contribution in [0.2, 0.25) is 0 Å². The quantitative estimate of drug-likeness (QED) is 0.457. The molecule has 1 N–H and O–H groups in total. The van der Waals surface area contributed by atoms with E-state index in [0.29, 0.717) is 23.0 Å². The van der Waals surface area contributed by atoms with Gasteiger partial charge in [-0.25, -0.2) is 8.78 Å². The molecule has 0 radical (unpaired) electrons. The van der Waals surface area contributed by atoms with Crippen LogP contribution in [0, 0.1) is 16.4 Å². The first-order valence-electron chi connectivity index (χ1n) is 10.9. The van der Waals surface area contributed by atoms with Gasteiger partial charge in [-0.2, -0.15) is 4.68 Å². The summed E-state index contributed by atoms with van der Waals surface area (Å²) in [6, 6.07) is 23.0. The summed E-state index contributed by atoms with van der Waals surface area (Å²) in [5.41, 5.74) is 2.36. The molecule has 33 heavy (non-hydrogen) atoms. The molecule has 2 heterocycles. The molecule has 1 fully saturated rings. The fourth-order valence-electron chi connectivity index (χ4n) is 4.25. The van der Waals surface area contributed by atoms with Crippen molar-refractivity contribution in [2.24, 2.45) is 0 Å². The average Bonchev–Trinajstić information content (AvgIpc) is 3.17. The predicted molar refractivity (Wildman–Crippen MR) is 127 cm³/mol. The van der Waals surface area contributed by atoms with Gasteiger partial charge >= 0.3 is 0 Å². The highest BCUT2D eigenvalue weighted by molar-refractivity contribution is 7.71. The summed E-state index contributed by atoms with van der Waals surface area (Å²) in [4.78, 5) is 3.41. The normalized spacial score (nSPS) is 14.5. The third kappa shape index (κ3) is 4.44. The van der Waals surface area contributed by atoms with E-state index in [9.17, 15) is 8.78 Å². The van der Waals surface area contributed by atoms with E-state index in [1.54, 1.807) is 18.2 Å². The number of quaternary nitrogens is 1. The Morgan fingerprint density at radius 3 is 2.21 bits per heavy atom. The second-order valence-electron chi connectivity index (χ2n) is 8.13. The largest absolute Gasteiger partial charge is 0.358 e. The summed E-state index contributed by atoms with van der Waals surface area (Å²) in [6.45, 7) is 3.82. The third-order valence-electron chi connectivity index (χ3n) is 5.99. The van der Waals surface area contributed by atoms with Crippen LogP contribution in [0.4, 0.5) is 14.5 Å². The van der Waals surface area contributed by atoms with E-state index < -0.39 is 0 Å². The molecule has 1 aliphatic rings. The summed E-state index contributed by atoms with van der Waals surface area (Å²) in [6.07, 6.45) is 0. The molecule has 0 amide bonds. The van der Waals surface area contributed by atoms with Crippen LogP contribution in [0.15, 0.2) is 78.9 Å². The van der Waals surface area contributed by atoms with E-state index in [0.717, 1.165) is 37.4 Å². The molecule has 0 bridgehead atoms. The van der Waals surface area contributed by atoms with Crippen molar-refractivity contribution in [3.63, 3.8) is 0 Å². The van der Waals surface area contributed by atoms with E-state index >= 15 is 0 Å². The summed E-state index contributed by atoms with van der Waals surface area (Å²) >= 11 is 5.82. The number of nitrogens with zero attached hydrogens (tertiary/aromatic N) is 4. The van der Waals surface area contributed by atoms with Crippen molar-refractivity contribution in [1.29, 1.82) is 0 Å². The molecule has 8 heteroatoms. The summed E-state index contributed by atoms with van der Waals surface area (Å²) < 4.78 is 32.0. The number of anilines is 1. The Hall–Kier alpha value is -3.36. The van der Waals surface area contributed by atoms with Crippen molar-refractivity contribution in [2.45, 2.75) is 6.67 Å². The number of para-hydroxylation sites is 2. The van der Waals surface area contributed by atoms with Crippen LogP contribution in [0.25, 0.3) is 17.1 Å². The molecule has 1 saturated heterocycles. The fraction of sp³-hybridized carbons (Fsp3) is 0.200. The Kier molecular flexibility index (Phi) is 6.02. The molecule has 0 spiro atoms. The number of hydrogen-bond acceptors (Lipinski definition) is 3.